The molecule has 1 fully saturated rings. The number of Topliss-reactive ketones (excluding diaryl/α,β-unsaturated/α-hetero) is 1. The Morgan fingerprint density at radius 3 is 2.36 bits per heavy atom. The standard InChI is InChI=1S/C22H25N3O3/c1-15-5-7-17(8-6-15)20(26)18-19(16-9-11-23-12-10-16)25(22(28)21(18)27)14-4-13-24(2)3/h5-12,19,26H,4,13-14H2,1-3H3/t19-/m0/s1. The van der Waals surface area contributed by atoms with Gasteiger partial charge in [0.1, 0.15) is 5.76 Å². The smallest absolute Gasteiger partial charge is 0.295 e. The van der Waals surface area contributed by atoms with Gasteiger partial charge in [-0.05, 0) is 51.7 Å². The predicted octanol–water partition coefficient (Wildman–Crippen LogP) is 2.76. The fraction of sp³-hybridized carbons (Fsp3) is 0.318. The molecule has 0 saturated carbocycles. The average molecular weight is 379 g/mol. The number of carbonyl (C=O) groups is 2. The highest BCUT2D eigenvalue weighted by Crippen LogP contribution is 2.39. The largest absolute Gasteiger partial charge is 0.507 e. The van der Waals surface area contributed by atoms with Crippen molar-refractivity contribution in [3.05, 3.63) is 71.1 Å². The first-order chi connectivity index (χ1) is 13.4. The van der Waals surface area contributed by atoms with Crippen molar-refractivity contribution in [1.82, 2.24) is 14.8 Å². The van der Waals surface area contributed by atoms with E-state index in [4.69, 9.17) is 0 Å². The van der Waals surface area contributed by atoms with Crippen molar-refractivity contribution in [2.24, 2.45) is 0 Å². The van der Waals surface area contributed by atoms with E-state index in [-0.39, 0.29) is 11.3 Å². The molecule has 0 spiro atoms. The van der Waals surface area contributed by atoms with Crippen molar-refractivity contribution in [1.29, 1.82) is 0 Å². The topological polar surface area (TPSA) is 73.7 Å². The molecule has 1 aromatic heterocycles. The second-order valence-electron chi connectivity index (χ2n) is 7.30. The van der Waals surface area contributed by atoms with Gasteiger partial charge >= 0.3 is 0 Å². The third-order valence-electron chi connectivity index (χ3n) is 4.89. The summed E-state index contributed by atoms with van der Waals surface area (Å²) in [6.07, 6.45) is 3.98. The van der Waals surface area contributed by atoms with Crippen molar-refractivity contribution < 1.29 is 14.7 Å². The van der Waals surface area contributed by atoms with Gasteiger partial charge in [0.2, 0.25) is 0 Å². The summed E-state index contributed by atoms with van der Waals surface area (Å²) in [5, 5.41) is 10.9. The van der Waals surface area contributed by atoms with E-state index in [2.05, 4.69) is 4.98 Å². The fourth-order valence-electron chi connectivity index (χ4n) is 3.43. The molecular weight excluding hydrogens is 354 g/mol. The maximum absolute atomic E-state index is 12.8. The predicted molar refractivity (Wildman–Crippen MR) is 108 cm³/mol. The Balaban J connectivity index is 2.06. The van der Waals surface area contributed by atoms with Crippen LogP contribution in [0.5, 0.6) is 0 Å². The average Bonchev–Trinajstić information content (AvgIpc) is 2.93. The van der Waals surface area contributed by atoms with Gasteiger partial charge in [-0.1, -0.05) is 29.8 Å². The molecule has 1 N–H and O–H groups in total. The van der Waals surface area contributed by atoms with Crippen LogP contribution in [0.3, 0.4) is 0 Å². The van der Waals surface area contributed by atoms with Gasteiger partial charge in [0.15, 0.2) is 0 Å². The fourth-order valence-corrected chi connectivity index (χ4v) is 3.43. The first-order valence-corrected chi connectivity index (χ1v) is 9.30. The van der Waals surface area contributed by atoms with E-state index in [0.29, 0.717) is 12.1 Å². The molecule has 0 aliphatic carbocycles. The molecule has 0 radical (unpaired) electrons. The van der Waals surface area contributed by atoms with Crippen LogP contribution in [0.4, 0.5) is 0 Å². The summed E-state index contributed by atoms with van der Waals surface area (Å²) in [5.41, 5.74) is 2.46. The zero-order chi connectivity index (χ0) is 20.3. The van der Waals surface area contributed by atoms with Crippen LogP contribution in [0.25, 0.3) is 5.76 Å². The number of aliphatic hydroxyl groups is 1. The number of aryl methyl sites for hydroxylation is 1. The van der Waals surface area contributed by atoms with E-state index in [1.807, 2.05) is 38.1 Å². The lowest BCUT2D eigenvalue weighted by atomic mass is 9.95. The van der Waals surface area contributed by atoms with Gasteiger partial charge in [0.25, 0.3) is 11.7 Å². The molecule has 28 heavy (non-hydrogen) atoms. The van der Waals surface area contributed by atoms with Gasteiger partial charge in [-0.2, -0.15) is 0 Å². The minimum absolute atomic E-state index is 0.130. The highest BCUT2D eigenvalue weighted by molar-refractivity contribution is 6.46. The molecule has 6 nitrogen and oxygen atoms in total. The highest BCUT2D eigenvalue weighted by Gasteiger charge is 2.45. The van der Waals surface area contributed by atoms with Gasteiger partial charge in [-0.25, -0.2) is 0 Å². The summed E-state index contributed by atoms with van der Waals surface area (Å²) < 4.78 is 0. The number of likely N-dealkylation sites (tertiary alicyclic amines) is 1. The molecule has 1 aromatic carbocycles. The number of pyridine rings is 1. The molecule has 3 rings (SSSR count). The van der Waals surface area contributed by atoms with E-state index < -0.39 is 17.7 Å². The molecule has 0 unspecified atom stereocenters. The highest BCUT2D eigenvalue weighted by atomic mass is 16.3. The first-order valence-electron chi connectivity index (χ1n) is 9.30. The van der Waals surface area contributed by atoms with Crippen LogP contribution in [0.15, 0.2) is 54.4 Å². The van der Waals surface area contributed by atoms with Crippen molar-refractivity contribution in [3.8, 4) is 0 Å². The van der Waals surface area contributed by atoms with Crippen LogP contribution in [-0.2, 0) is 9.59 Å². The van der Waals surface area contributed by atoms with Crippen molar-refractivity contribution in [2.45, 2.75) is 19.4 Å². The number of hydrogen-bond acceptors (Lipinski definition) is 5. The van der Waals surface area contributed by atoms with Crippen molar-refractivity contribution >= 4 is 17.4 Å². The Bertz CT molecular complexity index is 889. The van der Waals surface area contributed by atoms with Gasteiger partial charge in [-0.3, -0.25) is 14.6 Å². The van der Waals surface area contributed by atoms with Gasteiger partial charge in [0.05, 0.1) is 11.6 Å². The molecule has 0 bridgehead atoms. The third-order valence-corrected chi connectivity index (χ3v) is 4.89. The summed E-state index contributed by atoms with van der Waals surface area (Å²) in [4.78, 5) is 33.2. The summed E-state index contributed by atoms with van der Waals surface area (Å²) >= 11 is 0. The van der Waals surface area contributed by atoms with Crippen LogP contribution in [0, 0.1) is 6.92 Å². The van der Waals surface area contributed by atoms with E-state index in [9.17, 15) is 14.7 Å². The lowest BCUT2D eigenvalue weighted by Gasteiger charge is -2.25. The maximum Gasteiger partial charge on any atom is 0.295 e. The first kappa shape index (κ1) is 19.8. The molecule has 2 aromatic rings. The Morgan fingerprint density at radius 2 is 1.75 bits per heavy atom. The summed E-state index contributed by atoms with van der Waals surface area (Å²) in [6, 6.07) is 10.2. The van der Waals surface area contributed by atoms with Gasteiger partial charge in [0, 0.05) is 24.5 Å². The third kappa shape index (κ3) is 3.97. The number of rotatable bonds is 6. The molecule has 1 aliphatic rings. The summed E-state index contributed by atoms with van der Waals surface area (Å²) in [5.74, 6) is -1.37. The SMILES string of the molecule is Cc1ccc(C(O)=C2C(=O)C(=O)N(CCCN(C)C)[C@H]2c2ccncc2)cc1. The monoisotopic (exact) mass is 379 g/mol. The minimum Gasteiger partial charge on any atom is -0.507 e. The number of aliphatic hydroxyl groups excluding tert-OH is 1. The number of carbonyl (C=O) groups excluding carboxylic acids is 2. The Labute approximate surface area is 165 Å². The molecule has 1 aliphatic heterocycles. The number of benzene rings is 1. The van der Waals surface area contributed by atoms with E-state index in [1.165, 1.54) is 0 Å². The normalized spacial score (nSPS) is 18.9. The molecule has 1 saturated heterocycles. The molecular formula is C22H25N3O3. The van der Waals surface area contributed by atoms with Crippen molar-refractivity contribution in [2.75, 3.05) is 27.2 Å². The zero-order valence-electron chi connectivity index (χ0n) is 16.4. The van der Waals surface area contributed by atoms with E-state index in [0.717, 1.165) is 24.1 Å². The van der Waals surface area contributed by atoms with E-state index in [1.54, 1.807) is 41.6 Å². The van der Waals surface area contributed by atoms with Crippen LogP contribution in [-0.4, -0.2) is 58.8 Å². The second-order valence-corrected chi connectivity index (χ2v) is 7.30. The number of hydrogen-bond donors (Lipinski definition) is 1. The van der Waals surface area contributed by atoms with Gasteiger partial charge in [-0.15, -0.1) is 0 Å². The molecule has 1 amide bonds. The second kappa shape index (κ2) is 8.35. The Morgan fingerprint density at radius 1 is 1.11 bits per heavy atom. The zero-order valence-corrected chi connectivity index (χ0v) is 16.4. The van der Waals surface area contributed by atoms with Crippen LogP contribution in [0.1, 0.15) is 29.2 Å². The number of aromatic nitrogens is 1. The quantitative estimate of drug-likeness (QED) is 0.475. The van der Waals surface area contributed by atoms with Gasteiger partial charge < -0.3 is 14.9 Å². The van der Waals surface area contributed by atoms with E-state index >= 15 is 0 Å². The molecule has 2 heterocycles. The maximum atomic E-state index is 12.8. The summed E-state index contributed by atoms with van der Waals surface area (Å²) in [7, 11) is 3.93. The van der Waals surface area contributed by atoms with Crippen LogP contribution >= 0.6 is 0 Å². The lowest BCUT2D eigenvalue weighted by Crippen LogP contribution is -2.32. The number of amides is 1. The lowest BCUT2D eigenvalue weighted by molar-refractivity contribution is -0.139. The molecule has 6 heteroatoms. The molecule has 146 valence electrons. The Kier molecular flexibility index (Phi) is 5.90. The van der Waals surface area contributed by atoms with Crippen LogP contribution < -0.4 is 0 Å². The number of ketones is 1. The Hall–Kier alpha value is -2.99. The molecule has 1 atom stereocenters. The minimum atomic E-state index is -0.648. The van der Waals surface area contributed by atoms with Crippen LogP contribution in [0.2, 0.25) is 0 Å². The van der Waals surface area contributed by atoms with Crippen molar-refractivity contribution in [3.63, 3.8) is 0 Å². The summed E-state index contributed by atoms with van der Waals surface area (Å²) in [6.45, 7) is 3.18. The number of nitrogens with zero attached hydrogens (tertiary/aromatic N) is 3.